The Morgan fingerprint density at radius 3 is 2.40 bits per heavy atom. The van der Waals surface area contributed by atoms with E-state index in [0.717, 1.165) is 12.5 Å². The highest BCUT2D eigenvalue weighted by molar-refractivity contribution is 5.79. The maximum absolute atomic E-state index is 14.0. The van der Waals surface area contributed by atoms with Gasteiger partial charge in [-0.3, -0.25) is 0 Å². The van der Waals surface area contributed by atoms with Crippen LogP contribution in [0.3, 0.4) is 0 Å². The zero-order valence-corrected chi connectivity index (χ0v) is 9.12. The van der Waals surface area contributed by atoms with Gasteiger partial charge in [0.15, 0.2) is 0 Å². The molecule has 0 aliphatic heterocycles. The number of carboxylic acid groups (broad SMARTS) is 1. The third-order valence-corrected chi connectivity index (χ3v) is 2.49. The maximum atomic E-state index is 14.0. The molecule has 0 aromatic heterocycles. The van der Waals surface area contributed by atoms with Crippen LogP contribution in [0.2, 0.25) is 0 Å². The van der Waals surface area contributed by atoms with Gasteiger partial charge in [0.05, 0.1) is 0 Å². The number of benzene rings is 1. The van der Waals surface area contributed by atoms with Gasteiger partial charge in [-0.1, -0.05) is 38.1 Å². The van der Waals surface area contributed by atoms with Gasteiger partial charge in [0.1, 0.15) is 0 Å². The number of carbonyl (C=O) groups is 1. The summed E-state index contributed by atoms with van der Waals surface area (Å²) in [6.07, 6.45) is 0. The molecule has 0 amide bonds. The molecular weight excluding hydrogens is 195 g/mol. The molecule has 0 fully saturated rings. The first-order valence-corrected chi connectivity index (χ1v) is 4.89. The average molecular weight is 210 g/mol. The second-order valence-electron chi connectivity index (χ2n) is 4.05. The fraction of sp³-hybridized carbons (Fsp3) is 0.417. The van der Waals surface area contributed by atoms with Gasteiger partial charge in [0, 0.05) is 5.56 Å². The van der Waals surface area contributed by atoms with Gasteiger partial charge in [-0.2, -0.15) is 0 Å². The fourth-order valence-corrected chi connectivity index (χ4v) is 1.54. The van der Waals surface area contributed by atoms with Gasteiger partial charge in [0.2, 0.25) is 5.67 Å². The Labute approximate surface area is 88.7 Å². The van der Waals surface area contributed by atoms with E-state index < -0.39 is 11.6 Å². The highest BCUT2D eigenvalue weighted by Crippen LogP contribution is 2.32. The van der Waals surface area contributed by atoms with Crippen molar-refractivity contribution in [3.63, 3.8) is 0 Å². The summed E-state index contributed by atoms with van der Waals surface area (Å²) < 4.78 is 14.0. The lowest BCUT2D eigenvalue weighted by molar-refractivity contribution is -0.150. The number of aliphatic carboxylic acids is 1. The van der Waals surface area contributed by atoms with Crippen LogP contribution in [0.4, 0.5) is 4.39 Å². The van der Waals surface area contributed by atoms with Crippen LogP contribution in [-0.2, 0) is 10.5 Å². The second kappa shape index (κ2) is 4.01. The Bertz CT molecular complexity index is 370. The second-order valence-corrected chi connectivity index (χ2v) is 4.05. The molecule has 1 N–H and O–H groups in total. The molecule has 15 heavy (non-hydrogen) atoms. The van der Waals surface area contributed by atoms with Crippen LogP contribution in [0.5, 0.6) is 0 Å². The van der Waals surface area contributed by atoms with E-state index in [1.165, 1.54) is 6.07 Å². The average Bonchev–Trinajstić information content (AvgIpc) is 2.17. The standard InChI is InChI=1S/C12H15FO2/c1-8(2)9-6-4-5-7-10(9)12(3,13)11(14)15/h4-8H,1-3H3,(H,14,15). The van der Waals surface area contributed by atoms with Gasteiger partial charge >= 0.3 is 5.97 Å². The molecule has 0 spiro atoms. The summed E-state index contributed by atoms with van der Waals surface area (Å²) in [6, 6.07) is 6.74. The highest BCUT2D eigenvalue weighted by atomic mass is 19.1. The zero-order valence-electron chi connectivity index (χ0n) is 9.12. The molecule has 0 aliphatic carbocycles. The largest absolute Gasteiger partial charge is 0.479 e. The van der Waals surface area contributed by atoms with Crippen molar-refractivity contribution in [1.82, 2.24) is 0 Å². The molecule has 0 saturated heterocycles. The van der Waals surface area contributed by atoms with Crippen LogP contribution >= 0.6 is 0 Å². The SMILES string of the molecule is CC(C)c1ccccc1C(C)(F)C(=O)O. The third-order valence-electron chi connectivity index (χ3n) is 2.49. The molecule has 1 aromatic carbocycles. The van der Waals surface area contributed by atoms with E-state index in [1.54, 1.807) is 18.2 Å². The van der Waals surface area contributed by atoms with Crippen LogP contribution in [-0.4, -0.2) is 11.1 Å². The summed E-state index contributed by atoms with van der Waals surface area (Å²) in [5, 5.41) is 8.83. The molecule has 3 heteroatoms. The summed E-state index contributed by atoms with van der Waals surface area (Å²) in [4.78, 5) is 10.8. The van der Waals surface area contributed by atoms with Crippen molar-refractivity contribution in [3.8, 4) is 0 Å². The van der Waals surface area contributed by atoms with Crippen molar-refractivity contribution >= 4 is 5.97 Å². The number of rotatable bonds is 3. The number of alkyl halides is 1. The lowest BCUT2D eigenvalue weighted by Crippen LogP contribution is -2.28. The van der Waals surface area contributed by atoms with Crippen molar-refractivity contribution in [3.05, 3.63) is 35.4 Å². The van der Waals surface area contributed by atoms with Crippen molar-refractivity contribution in [1.29, 1.82) is 0 Å². The Hall–Kier alpha value is -1.38. The summed E-state index contributed by atoms with van der Waals surface area (Å²) >= 11 is 0. The van der Waals surface area contributed by atoms with Crippen molar-refractivity contribution in [2.24, 2.45) is 0 Å². The first kappa shape index (κ1) is 11.7. The fourth-order valence-electron chi connectivity index (χ4n) is 1.54. The highest BCUT2D eigenvalue weighted by Gasteiger charge is 2.37. The lowest BCUT2D eigenvalue weighted by atomic mass is 9.88. The van der Waals surface area contributed by atoms with Crippen LogP contribution in [0.1, 0.15) is 37.8 Å². The first-order chi connectivity index (χ1) is 6.87. The van der Waals surface area contributed by atoms with Crippen molar-refractivity contribution in [2.45, 2.75) is 32.4 Å². The molecule has 1 rings (SSSR count). The van der Waals surface area contributed by atoms with Crippen molar-refractivity contribution < 1.29 is 14.3 Å². The molecule has 1 unspecified atom stereocenters. The smallest absolute Gasteiger partial charge is 0.345 e. The van der Waals surface area contributed by atoms with E-state index in [0.29, 0.717) is 0 Å². The van der Waals surface area contributed by atoms with E-state index in [2.05, 4.69) is 0 Å². The first-order valence-electron chi connectivity index (χ1n) is 4.89. The molecule has 2 nitrogen and oxygen atoms in total. The minimum atomic E-state index is -2.32. The molecule has 0 aliphatic rings. The van der Waals surface area contributed by atoms with Crippen molar-refractivity contribution in [2.75, 3.05) is 0 Å². The van der Waals surface area contributed by atoms with E-state index in [-0.39, 0.29) is 11.5 Å². The quantitative estimate of drug-likeness (QED) is 0.832. The maximum Gasteiger partial charge on any atom is 0.345 e. The van der Waals surface area contributed by atoms with Gasteiger partial charge in [-0.15, -0.1) is 0 Å². The van der Waals surface area contributed by atoms with Gasteiger partial charge in [0.25, 0.3) is 0 Å². The minimum Gasteiger partial charge on any atom is -0.479 e. The number of halogens is 1. The van der Waals surface area contributed by atoms with E-state index in [4.69, 9.17) is 5.11 Å². The molecule has 82 valence electrons. The Morgan fingerprint density at radius 2 is 1.93 bits per heavy atom. The molecule has 0 saturated carbocycles. The van der Waals surface area contributed by atoms with Crippen LogP contribution in [0, 0.1) is 0 Å². The summed E-state index contributed by atoms with van der Waals surface area (Å²) in [5.74, 6) is -1.34. The normalized spacial score (nSPS) is 15.0. The van der Waals surface area contributed by atoms with Gasteiger partial charge < -0.3 is 5.11 Å². The van der Waals surface area contributed by atoms with Crippen LogP contribution < -0.4 is 0 Å². The molecular formula is C12H15FO2. The number of hydrogen-bond donors (Lipinski definition) is 1. The molecule has 0 radical (unpaired) electrons. The van der Waals surface area contributed by atoms with Gasteiger partial charge in [-0.05, 0) is 18.4 Å². The summed E-state index contributed by atoms with van der Waals surface area (Å²) in [7, 11) is 0. The number of carboxylic acids is 1. The lowest BCUT2D eigenvalue weighted by Gasteiger charge is -2.21. The summed E-state index contributed by atoms with van der Waals surface area (Å²) in [5.41, 5.74) is -1.33. The Balaban J connectivity index is 3.30. The zero-order chi connectivity index (χ0) is 11.6. The topological polar surface area (TPSA) is 37.3 Å². The van der Waals surface area contributed by atoms with E-state index in [1.807, 2.05) is 13.8 Å². The third kappa shape index (κ3) is 2.17. The predicted molar refractivity (Wildman–Crippen MR) is 56.6 cm³/mol. The summed E-state index contributed by atoms with van der Waals surface area (Å²) in [6.45, 7) is 4.91. The van der Waals surface area contributed by atoms with Crippen LogP contribution in [0.25, 0.3) is 0 Å². The number of hydrogen-bond acceptors (Lipinski definition) is 1. The molecule has 1 aromatic rings. The Morgan fingerprint density at radius 1 is 1.40 bits per heavy atom. The van der Waals surface area contributed by atoms with E-state index in [9.17, 15) is 9.18 Å². The Kier molecular flexibility index (Phi) is 3.12. The molecule has 1 atom stereocenters. The van der Waals surface area contributed by atoms with Crippen LogP contribution in [0.15, 0.2) is 24.3 Å². The molecule has 0 bridgehead atoms. The van der Waals surface area contributed by atoms with Gasteiger partial charge in [-0.25, -0.2) is 9.18 Å². The minimum absolute atomic E-state index is 0.107. The molecule has 0 heterocycles. The monoisotopic (exact) mass is 210 g/mol. The predicted octanol–water partition coefficient (Wildman–Crippen LogP) is 3.08. The van der Waals surface area contributed by atoms with E-state index >= 15 is 0 Å².